The molecular formula is C34H37Br2N9O2. The van der Waals surface area contributed by atoms with Crippen molar-refractivity contribution >= 4 is 61.1 Å². The van der Waals surface area contributed by atoms with Gasteiger partial charge in [0.1, 0.15) is 6.04 Å². The molecule has 3 aliphatic heterocycles. The van der Waals surface area contributed by atoms with Crippen molar-refractivity contribution in [1.82, 2.24) is 25.0 Å². The lowest BCUT2D eigenvalue weighted by Gasteiger charge is -2.42. The van der Waals surface area contributed by atoms with E-state index in [-0.39, 0.29) is 18.0 Å². The minimum atomic E-state index is -0.641. The Labute approximate surface area is 291 Å². The molecule has 3 aromatic rings. The van der Waals surface area contributed by atoms with Crippen molar-refractivity contribution in [2.75, 3.05) is 49.5 Å². The number of urea groups is 1. The summed E-state index contributed by atoms with van der Waals surface area (Å²) in [6, 6.07) is 15.3. The first-order chi connectivity index (χ1) is 22.8. The summed E-state index contributed by atoms with van der Waals surface area (Å²) in [6.07, 6.45) is 7.36. The Hall–Kier alpha value is -4.15. The number of benzene rings is 2. The first kappa shape index (κ1) is 32.8. The number of hydrogen-bond acceptors (Lipinski definition) is 6. The topological polar surface area (TPSA) is 120 Å². The van der Waals surface area contributed by atoms with Crippen LogP contribution in [0.25, 0.3) is 0 Å². The smallest absolute Gasteiger partial charge is 0.322 e. The Morgan fingerprint density at radius 3 is 2.40 bits per heavy atom. The van der Waals surface area contributed by atoms with Gasteiger partial charge in [0.15, 0.2) is 0 Å². The van der Waals surface area contributed by atoms with E-state index >= 15 is 0 Å². The van der Waals surface area contributed by atoms with Gasteiger partial charge in [0.05, 0.1) is 0 Å². The fourth-order valence-corrected chi connectivity index (χ4v) is 7.80. The van der Waals surface area contributed by atoms with E-state index in [0.717, 1.165) is 49.9 Å². The second-order valence-electron chi connectivity index (χ2n) is 12.1. The molecular weight excluding hydrogens is 726 g/mol. The van der Waals surface area contributed by atoms with Gasteiger partial charge in [-0.1, -0.05) is 50.1 Å². The number of rotatable bonds is 6. The number of amides is 3. The van der Waals surface area contributed by atoms with Crippen LogP contribution in [-0.4, -0.2) is 88.9 Å². The number of para-hydroxylation sites is 1. The summed E-state index contributed by atoms with van der Waals surface area (Å²) < 4.78 is 1.91. The monoisotopic (exact) mass is 761 g/mol. The van der Waals surface area contributed by atoms with Crippen molar-refractivity contribution in [2.45, 2.75) is 44.8 Å². The number of anilines is 2. The number of guanidine groups is 1. The van der Waals surface area contributed by atoms with Crippen LogP contribution in [0.5, 0.6) is 0 Å². The molecule has 47 heavy (non-hydrogen) atoms. The molecule has 0 aliphatic carbocycles. The predicted octanol–water partition coefficient (Wildman–Crippen LogP) is 5.11. The Morgan fingerprint density at radius 2 is 1.72 bits per heavy atom. The molecule has 1 unspecified atom stereocenters. The summed E-state index contributed by atoms with van der Waals surface area (Å²) in [5, 5.41) is 16.1. The number of likely N-dealkylation sites (tertiary alicyclic amines) is 1. The number of nitrogens with one attached hydrogen (secondary N) is 2. The number of carbonyl (C=O) groups is 2. The third kappa shape index (κ3) is 7.55. The van der Waals surface area contributed by atoms with E-state index in [2.05, 4.69) is 57.4 Å². The standard InChI is InChI=1S/C34H37Br2N9O2/c1-23-28(35)18-24(19-29(23)36)20-31(32(46)43-16-14-42(15-17-43)26-6-10-38-11-7-26)40-33(39-22-37)44-12-8-27(9-13-44)45-21-25-4-2-3-5-30(25)41-34(45)47/h2-7,10-11,18-19,27,31H,8-9,12-17,20-21H2,1H3,(H,39,40)(H,41,47). The van der Waals surface area contributed by atoms with E-state index < -0.39 is 6.04 Å². The van der Waals surface area contributed by atoms with Crippen LogP contribution in [0.1, 0.15) is 29.5 Å². The van der Waals surface area contributed by atoms with E-state index in [1.54, 1.807) is 12.4 Å². The third-order valence-corrected chi connectivity index (χ3v) is 10.9. The summed E-state index contributed by atoms with van der Waals surface area (Å²) in [7, 11) is 0. The van der Waals surface area contributed by atoms with Gasteiger partial charge in [-0.3, -0.25) is 9.78 Å². The lowest BCUT2D eigenvalue weighted by atomic mass is 10.0. The molecule has 2 aromatic carbocycles. The van der Waals surface area contributed by atoms with Crippen LogP contribution >= 0.6 is 31.9 Å². The minimum absolute atomic E-state index is 0.0311. The lowest BCUT2D eigenvalue weighted by molar-refractivity contribution is -0.133. The molecule has 2 saturated heterocycles. The molecule has 0 radical (unpaired) electrons. The van der Waals surface area contributed by atoms with Gasteiger partial charge in [-0.25, -0.2) is 4.79 Å². The van der Waals surface area contributed by atoms with Crippen LogP contribution in [0, 0.1) is 18.4 Å². The van der Waals surface area contributed by atoms with Gasteiger partial charge in [-0.2, -0.15) is 5.26 Å². The highest BCUT2D eigenvalue weighted by Gasteiger charge is 2.34. The molecule has 0 spiro atoms. The summed E-state index contributed by atoms with van der Waals surface area (Å²) in [4.78, 5) is 43.5. The van der Waals surface area contributed by atoms with Gasteiger partial charge in [0, 0.05) is 91.0 Å². The number of nitrogens with zero attached hydrogens (tertiary/aromatic N) is 7. The first-order valence-electron chi connectivity index (χ1n) is 15.8. The second kappa shape index (κ2) is 14.7. The van der Waals surface area contributed by atoms with Gasteiger partial charge >= 0.3 is 6.03 Å². The van der Waals surface area contributed by atoms with Crippen molar-refractivity contribution < 1.29 is 9.59 Å². The number of halogens is 2. The molecule has 1 atom stereocenters. The lowest BCUT2D eigenvalue weighted by Crippen LogP contribution is -2.59. The molecule has 4 heterocycles. The van der Waals surface area contributed by atoms with Gasteiger partial charge in [-0.15, -0.1) is 4.99 Å². The molecule has 0 bridgehead atoms. The predicted molar refractivity (Wildman–Crippen MR) is 189 cm³/mol. The average Bonchev–Trinajstić information content (AvgIpc) is 3.10. The second-order valence-corrected chi connectivity index (χ2v) is 13.8. The van der Waals surface area contributed by atoms with Crippen molar-refractivity contribution in [3.63, 3.8) is 0 Å². The van der Waals surface area contributed by atoms with Crippen LogP contribution < -0.4 is 15.5 Å². The van der Waals surface area contributed by atoms with Crippen LogP contribution in [-0.2, 0) is 17.8 Å². The van der Waals surface area contributed by atoms with Crippen LogP contribution in [0.4, 0.5) is 16.2 Å². The van der Waals surface area contributed by atoms with Gasteiger partial charge in [0.25, 0.3) is 0 Å². The highest BCUT2D eigenvalue weighted by molar-refractivity contribution is 9.11. The van der Waals surface area contributed by atoms with E-state index in [1.165, 1.54) is 0 Å². The van der Waals surface area contributed by atoms with E-state index in [0.29, 0.717) is 58.2 Å². The highest BCUT2D eigenvalue weighted by Crippen LogP contribution is 2.29. The van der Waals surface area contributed by atoms with Crippen molar-refractivity contribution in [2.24, 2.45) is 4.99 Å². The van der Waals surface area contributed by atoms with E-state index in [9.17, 15) is 14.9 Å². The number of pyridine rings is 1. The molecule has 244 valence electrons. The molecule has 2 fully saturated rings. The molecule has 1 aromatic heterocycles. The average molecular weight is 764 g/mol. The summed E-state index contributed by atoms with van der Waals surface area (Å²) in [5.41, 5.74) is 5.11. The minimum Gasteiger partial charge on any atom is -0.368 e. The Balaban J connectivity index is 1.16. The quantitative estimate of drug-likeness (QED) is 0.204. The Morgan fingerprint density at radius 1 is 1.04 bits per heavy atom. The maximum absolute atomic E-state index is 14.2. The molecule has 0 saturated carbocycles. The number of piperidine rings is 1. The number of aliphatic imine (C=N–C) groups is 1. The summed E-state index contributed by atoms with van der Waals surface area (Å²) >= 11 is 7.31. The van der Waals surface area contributed by atoms with Crippen LogP contribution in [0.2, 0.25) is 0 Å². The van der Waals surface area contributed by atoms with Crippen molar-refractivity contribution in [3.05, 3.63) is 86.6 Å². The summed E-state index contributed by atoms with van der Waals surface area (Å²) in [6.45, 7) is 6.37. The maximum atomic E-state index is 14.2. The zero-order valence-corrected chi connectivity index (χ0v) is 29.4. The van der Waals surface area contributed by atoms with E-state index in [4.69, 9.17) is 0 Å². The van der Waals surface area contributed by atoms with Gasteiger partial charge < -0.3 is 30.2 Å². The zero-order chi connectivity index (χ0) is 32.9. The molecule has 2 N–H and O–H groups in total. The summed E-state index contributed by atoms with van der Waals surface area (Å²) in [5.74, 6) is 0.356. The zero-order valence-electron chi connectivity index (χ0n) is 26.2. The molecule has 3 amide bonds. The molecule has 3 aliphatic rings. The number of fused-ring (bicyclic) bond motifs is 1. The first-order valence-corrected chi connectivity index (χ1v) is 17.4. The Bertz CT molecular complexity index is 1660. The molecule has 11 nitrogen and oxygen atoms in total. The SMILES string of the molecule is Cc1c(Br)cc(CC(NC(=NC#N)N2CCC(N3Cc4ccccc4NC3=O)CC2)C(=O)N2CCN(c3ccncc3)CC2)cc1Br. The molecule has 13 heteroatoms. The molecule has 6 rings (SSSR count). The fraction of sp³-hybridized carbons (Fsp3) is 0.382. The van der Waals surface area contributed by atoms with Crippen molar-refractivity contribution in [3.8, 4) is 6.19 Å². The van der Waals surface area contributed by atoms with Crippen LogP contribution in [0.15, 0.2) is 74.9 Å². The van der Waals surface area contributed by atoms with Crippen LogP contribution in [0.3, 0.4) is 0 Å². The number of hydrogen-bond donors (Lipinski definition) is 2. The fourth-order valence-electron chi connectivity index (χ4n) is 6.52. The number of piperazine rings is 1. The number of nitriles is 1. The van der Waals surface area contributed by atoms with Gasteiger partial charge in [0.2, 0.25) is 18.1 Å². The third-order valence-electron chi connectivity index (χ3n) is 9.22. The normalized spacial score (nSPS) is 17.9. The number of aromatic nitrogens is 1. The largest absolute Gasteiger partial charge is 0.368 e. The Kier molecular flexibility index (Phi) is 10.3. The number of carbonyl (C=O) groups excluding carboxylic acids is 2. The van der Waals surface area contributed by atoms with Crippen molar-refractivity contribution in [1.29, 1.82) is 5.26 Å². The maximum Gasteiger partial charge on any atom is 0.322 e. The van der Waals surface area contributed by atoms with Gasteiger partial charge in [-0.05, 0) is 66.8 Å². The van der Waals surface area contributed by atoms with E-state index in [1.807, 2.05) is 76.3 Å². The highest BCUT2D eigenvalue weighted by atomic mass is 79.9.